The Morgan fingerprint density at radius 3 is 2.23 bits per heavy atom. The van der Waals surface area contributed by atoms with E-state index in [9.17, 15) is 27.6 Å². The SMILES string of the molecule is CC(C)Oc1ccc(C(=O)OCC(=O)NCC(=O)Nc2ccc(F)c(F)c2F)cc1. The number of amides is 2. The number of esters is 1. The number of rotatable bonds is 8. The number of carbonyl (C=O) groups excluding carboxylic acids is 3. The molecule has 0 atom stereocenters. The van der Waals surface area contributed by atoms with Crippen LogP contribution in [0.25, 0.3) is 0 Å². The van der Waals surface area contributed by atoms with E-state index in [1.807, 2.05) is 19.2 Å². The van der Waals surface area contributed by atoms with Crippen LogP contribution < -0.4 is 15.4 Å². The van der Waals surface area contributed by atoms with Gasteiger partial charge < -0.3 is 20.1 Å². The standard InChI is InChI=1S/C20H19F3N2O5/c1-11(2)30-13-5-3-12(4-6-13)20(28)29-10-17(27)24-9-16(26)25-15-8-7-14(21)18(22)19(15)23/h3-8,11H,9-10H2,1-2H3,(H,24,27)(H,25,26). The second-order valence-corrected chi connectivity index (χ2v) is 6.31. The fraction of sp³-hybridized carbons (Fsp3) is 0.250. The molecule has 0 heterocycles. The van der Waals surface area contributed by atoms with Gasteiger partial charge in [0.05, 0.1) is 23.9 Å². The molecule has 2 N–H and O–H groups in total. The molecular weight excluding hydrogens is 405 g/mol. The Kier molecular flexibility index (Phi) is 7.79. The molecule has 0 fully saturated rings. The molecule has 0 radical (unpaired) electrons. The summed E-state index contributed by atoms with van der Waals surface area (Å²) in [6.45, 7) is 2.46. The van der Waals surface area contributed by atoms with Crippen LogP contribution in [0.1, 0.15) is 24.2 Å². The van der Waals surface area contributed by atoms with E-state index in [-0.39, 0.29) is 11.7 Å². The molecule has 0 spiro atoms. The van der Waals surface area contributed by atoms with Gasteiger partial charge in [0, 0.05) is 0 Å². The molecule has 0 saturated heterocycles. The third-order valence-electron chi connectivity index (χ3n) is 3.55. The van der Waals surface area contributed by atoms with E-state index in [1.54, 1.807) is 12.1 Å². The fourth-order valence-corrected chi connectivity index (χ4v) is 2.20. The second kappa shape index (κ2) is 10.3. The first-order valence-electron chi connectivity index (χ1n) is 8.81. The van der Waals surface area contributed by atoms with E-state index >= 15 is 0 Å². The largest absolute Gasteiger partial charge is 0.491 e. The van der Waals surface area contributed by atoms with Crippen LogP contribution in [0.3, 0.4) is 0 Å². The van der Waals surface area contributed by atoms with Crippen LogP contribution in [0.15, 0.2) is 36.4 Å². The van der Waals surface area contributed by atoms with Crippen molar-refractivity contribution >= 4 is 23.5 Å². The van der Waals surface area contributed by atoms with Crippen LogP contribution in [0.2, 0.25) is 0 Å². The summed E-state index contributed by atoms with van der Waals surface area (Å²) < 4.78 is 49.8. The van der Waals surface area contributed by atoms with Crippen LogP contribution in [-0.4, -0.2) is 37.0 Å². The van der Waals surface area contributed by atoms with Crippen molar-refractivity contribution in [3.8, 4) is 5.75 Å². The highest BCUT2D eigenvalue weighted by Crippen LogP contribution is 2.19. The van der Waals surface area contributed by atoms with Gasteiger partial charge in [0.15, 0.2) is 24.1 Å². The first-order chi connectivity index (χ1) is 14.2. The van der Waals surface area contributed by atoms with Crippen molar-refractivity contribution < 1.29 is 37.0 Å². The minimum atomic E-state index is -1.73. The molecular formula is C20H19F3N2O5. The van der Waals surface area contributed by atoms with Gasteiger partial charge in [-0.3, -0.25) is 9.59 Å². The lowest BCUT2D eigenvalue weighted by Gasteiger charge is -2.10. The molecule has 7 nitrogen and oxygen atoms in total. The first kappa shape index (κ1) is 22.7. The van der Waals surface area contributed by atoms with Gasteiger partial charge in [0.2, 0.25) is 5.91 Å². The summed E-state index contributed by atoms with van der Waals surface area (Å²) >= 11 is 0. The number of halogens is 3. The molecule has 2 aromatic carbocycles. The Morgan fingerprint density at radius 2 is 1.60 bits per heavy atom. The predicted molar refractivity (Wildman–Crippen MR) is 100 cm³/mol. The number of carbonyl (C=O) groups is 3. The maximum Gasteiger partial charge on any atom is 0.338 e. The quantitative estimate of drug-likeness (QED) is 0.502. The van der Waals surface area contributed by atoms with E-state index in [0.717, 1.165) is 6.07 Å². The lowest BCUT2D eigenvalue weighted by atomic mass is 10.2. The maximum absolute atomic E-state index is 13.5. The highest BCUT2D eigenvalue weighted by atomic mass is 19.2. The third-order valence-corrected chi connectivity index (χ3v) is 3.55. The number of hydrogen-bond acceptors (Lipinski definition) is 5. The Labute approximate surface area is 170 Å². The maximum atomic E-state index is 13.5. The molecule has 2 aromatic rings. The zero-order chi connectivity index (χ0) is 22.3. The fourth-order valence-electron chi connectivity index (χ4n) is 2.20. The summed E-state index contributed by atoms with van der Waals surface area (Å²) in [5.74, 6) is -6.55. The molecule has 0 unspecified atom stereocenters. The Morgan fingerprint density at radius 1 is 0.933 bits per heavy atom. The predicted octanol–water partition coefficient (Wildman–Crippen LogP) is 2.80. The summed E-state index contributed by atoms with van der Waals surface area (Å²) in [6, 6.07) is 7.60. The summed E-state index contributed by atoms with van der Waals surface area (Å²) in [6.07, 6.45) is -0.0257. The van der Waals surface area contributed by atoms with Gasteiger partial charge in [-0.05, 0) is 50.2 Å². The average molecular weight is 424 g/mol. The van der Waals surface area contributed by atoms with Gasteiger partial charge >= 0.3 is 5.97 Å². The lowest BCUT2D eigenvalue weighted by Crippen LogP contribution is -2.35. The van der Waals surface area contributed by atoms with Crippen molar-refractivity contribution in [2.75, 3.05) is 18.5 Å². The minimum absolute atomic E-state index is 0.0257. The van der Waals surface area contributed by atoms with Crippen molar-refractivity contribution in [2.24, 2.45) is 0 Å². The Bertz CT molecular complexity index is 933. The Balaban J connectivity index is 1.77. The van der Waals surface area contributed by atoms with Gasteiger partial charge in [-0.25, -0.2) is 18.0 Å². The smallest absolute Gasteiger partial charge is 0.338 e. The van der Waals surface area contributed by atoms with Crippen molar-refractivity contribution in [1.29, 1.82) is 0 Å². The molecule has 0 aromatic heterocycles. The van der Waals surface area contributed by atoms with Crippen molar-refractivity contribution in [3.63, 3.8) is 0 Å². The molecule has 0 aliphatic heterocycles. The Hall–Kier alpha value is -3.56. The molecule has 0 aliphatic carbocycles. The molecule has 0 bridgehead atoms. The number of benzene rings is 2. The monoisotopic (exact) mass is 424 g/mol. The number of hydrogen-bond donors (Lipinski definition) is 2. The van der Waals surface area contributed by atoms with E-state index in [4.69, 9.17) is 9.47 Å². The zero-order valence-corrected chi connectivity index (χ0v) is 16.1. The summed E-state index contributed by atoms with van der Waals surface area (Å²) in [5, 5.41) is 4.14. The summed E-state index contributed by atoms with van der Waals surface area (Å²) in [4.78, 5) is 35.3. The number of nitrogens with one attached hydrogen (secondary N) is 2. The van der Waals surface area contributed by atoms with Crippen molar-refractivity contribution in [3.05, 3.63) is 59.4 Å². The summed E-state index contributed by atoms with van der Waals surface area (Å²) in [7, 11) is 0. The highest BCUT2D eigenvalue weighted by Gasteiger charge is 2.16. The highest BCUT2D eigenvalue weighted by molar-refractivity contribution is 5.95. The topological polar surface area (TPSA) is 93.7 Å². The molecule has 10 heteroatoms. The normalized spacial score (nSPS) is 10.5. The summed E-state index contributed by atoms with van der Waals surface area (Å²) in [5.41, 5.74) is -0.380. The molecule has 30 heavy (non-hydrogen) atoms. The molecule has 2 amide bonds. The zero-order valence-electron chi connectivity index (χ0n) is 16.1. The van der Waals surface area contributed by atoms with E-state index < -0.39 is 54.1 Å². The van der Waals surface area contributed by atoms with Gasteiger partial charge in [0.1, 0.15) is 5.75 Å². The average Bonchev–Trinajstić information content (AvgIpc) is 2.71. The number of anilines is 1. The molecule has 0 aliphatic rings. The van der Waals surface area contributed by atoms with E-state index in [1.165, 1.54) is 12.1 Å². The van der Waals surface area contributed by atoms with Crippen molar-refractivity contribution in [2.45, 2.75) is 20.0 Å². The van der Waals surface area contributed by atoms with Crippen LogP contribution >= 0.6 is 0 Å². The lowest BCUT2D eigenvalue weighted by molar-refractivity contribution is -0.126. The van der Waals surface area contributed by atoms with Crippen LogP contribution in [-0.2, 0) is 14.3 Å². The third kappa shape index (κ3) is 6.50. The van der Waals surface area contributed by atoms with E-state index in [0.29, 0.717) is 11.8 Å². The van der Waals surface area contributed by atoms with Gasteiger partial charge in [0.25, 0.3) is 5.91 Å². The molecule has 2 rings (SSSR count). The van der Waals surface area contributed by atoms with Crippen LogP contribution in [0, 0.1) is 17.5 Å². The van der Waals surface area contributed by atoms with Crippen molar-refractivity contribution in [1.82, 2.24) is 5.32 Å². The molecule has 0 saturated carbocycles. The van der Waals surface area contributed by atoms with E-state index in [2.05, 4.69) is 5.32 Å². The second-order valence-electron chi connectivity index (χ2n) is 6.31. The van der Waals surface area contributed by atoms with Crippen LogP contribution in [0.4, 0.5) is 18.9 Å². The molecule has 160 valence electrons. The first-order valence-corrected chi connectivity index (χ1v) is 8.81. The van der Waals surface area contributed by atoms with Crippen LogP contribution in [0.5, 0.6) is 5.75 Å². The minimum Gasteiger partial charge on any atom is -0.491 e. The van der Waals surface area contributed by atoms with Gasteiger partial charge in [-0.1, -0.05) is 0 Å². The number of ether oxygens (including phenoxy) is 2. The van der Waals surface area contributed by atoms with Gasteiger partial charge in [-0.15, -0.1) is 0 Å². The van der Waals surface area contributed by atoms with Gasteiger partial charge in [-0.2, -0.15) is 0 Å².